The van der Waals surface area contributed by atoms with Crippen LogP contribution in [0.2, 0.25) is 0 Å². The minimum Gasteiger partial charge on any atom is -0.370 e. The van der Waals surface area contributed by atoms with E-state index in [9.17, 15) is 0 Å². The Morgan fingerprint density at radius 1 is 1.24 bits per heavy atom. The molecule has 2 rings (SSSR count). The third-order valence-corrected chi connectivity index (χ3v) is 3.61. The number of para-hydroxylation sites is 1. The zero-order chi connectivity index (χ0) is 12.1. The van der Waals surface area contributed by atoms with E-state index in [-0.39, 0.29) is 0 Å². The van der Waals surface area contributed by atoms with E-state index in [4.69, 9.17) is 5.73 Å². The molecule has 0 aliphatic carbocycles. The molecule has 1 aromatic rings. The first-order valence-electron chi connectivity index (χ1n) is 6.51. The molecule has 3 nitrogen and oxygen atoms in total. The van der Waals surface area contributed by atoms with Crippen molar-refractivity contribution < 1.29 is 0 Å². The van der Waals surface area contributed by atoms with Gasteiger partial charge in [0.2, 0.25) is 0 Å². The molecule has 0 saturated carbocycles. The van der Waals surface area contributed by atoms with E-state index >= 15 is 0 Å². The summed E-state index contributed by atoms with van der Waals surface area (Å²) in [5, 5.41) is 0. The van der Waals surface area contributed by atoms with Crippen molar-refractivity contribution >= 4 is 5.69 Å². The van der Waals surface area contributed by atoms with Gasteiger partial charge in [-0.05, 0) is 45.1 Å². The fourth-order valence-corrected chi connectivity index (χ4v) is 2.56. The molecule has 3 heteroatoms. The first kappa shape index (κ1) is 12.4. The number of likely N-dealkylation sites (N-methyl/N-ethyl adjacent to an activating group) is 1. The van der Waals surface area contributed by atoms with Crippen LogP contribution in [-0.2, 0) is 0 Å². The van der Waals surface area contributed by atoms with Crippen LogP contribution in [-0.4, -0.2) is 44.2 Å². The van der Waals surface area contributed by atoms with Crippen LogP contribution in [0.4, 0.5) is 5.69 Å². The highest BCUT2D eigenvalue weighted by Crippen LogP contribution is 2.18. The van der Waals surface area contributed by atoms with Crippen LogP contribution in [0.5, 0.6) is 0 Å². The van der Waals surface area contributed by atoms with Gasteiger partial charge in [0.1, 0.15) is 0 Å². The van der Waals surface area contributed by atoms with Crippen LogP contribution < -0.4 is 10.6 Å². The first-order chi connectivity index (χ1) is 8.31. The fraction of sp³-hybridized carbons (Fsp3) is 0.571. The van der Waals surface area contributed by atoms with E-state index in [1.807, 2.05) is 0 Å². The molecule has 1 aliphatic heterocycles. The summed E-state index contributed by atoms with van der Waals surface area (Å²) in [5.41, 5.74) is 7.05. The van der Waals surface area contributed by atoms with Crippen molar-refractivity contribution in [1.82, 2.24) is 4.90 Å². The average molecular weight is 233 g/mol. The summed E-state index contributed by atoms with van der Waals surface area (Å²) in [6.45, 7) is 4.19. The standard InChI is InChI=1S/C14H23N3/c1-16-10-5-11-17(12-14(16)8-9-15)13-6-3-2-4-7-13/h2-4,6-7,14H,5,8-12,15H2,1H3. The van der Waals surface area contributed by atoms with Gasteiger partial charge in [0.05, 0.1) is 0 Å². The third kappa shape index (κ3) is 3.20. The number of nitrogens with zero attached hydrogens (tertiary/aromatic N) is 2. The van der Waals surface area contributed by atoms with Gasteiger partial charge < -0.3 is 15.5 Å². The molecule has 17 heavy (non-hydrogen) atoms. The largest absolute Gasteiger partial charge is 0.370 e. The second kappa shape index (κ2) is 6.03. The Morgan fingerprint density at radius 2 is 2.00 bits per heavy atom. The van der Waals surface area contributed by atoms with Gasteiger partial charge in [-0.25, -0.2) is 0 Å². The monoisotopic (exact) mass is 233 g/mol. The molecule has 0 bridgehead atoms. The number of hydrogen-bond acceptors (Lipinski definition) is 3. The van der Waals surface area contributed by atoms with E-state index in [0.29, 0.717) is 6.04 Å². The fourth-order valence-electron chi connectivity index (χ4n) is 2.56. The molecule has 1 aromatic carbocycles. The molecule has 0 amide bonds. The number of benzene rings is 1. The van der Waals surface area contributed by atoms with Crippen LogP contribution in [0.3, 0.4) is 0 Å². The lowest BCUT2D eigenvalue weighted by molar-refractivity contribution is 0.251. The predicted molar refractivity (Wildman–Crippen MR) is 73.4 cm³/mol. The summed E-state index contributed by atoms with van der Waals surface area (Å²) in [4.78, 5) is 4.94. The predicted octanol–water partition coefficient (Wildman–Crippen LogP) is 1.55. The topological polar surface area (TPSA) is 32.5 Å². The summed E-state index contributed by atoms with van der Waals surface area (Å²) in [7, 11) is 2.22. The van der Waals surface area contributed by atoms with Gasteiger partial charge in [0, 0.05) is 24.8 Å². The SMILES string of the molecule is CN1CCCN(c2ccccc2)CC1CCN. The molecular formula is C14H23N3. The van der Waals surface area contributed by atoms with E-state index in [2.05, 4.69) is 47.2 Å². The van der Waals surface area contributed by atoms with Crippen molar-refractivity contribution in [2.24, 2.45) is 5.73 Å². The average Bonchev–Trinajstić information content (AvgIpc) is 2.54. The number of rotatable bonds is 3. The van der Waals surface area contributed by atoms with Gasteiger partial charge in [-0.3, -0.25) is 0 Å². The molecule has 1 aliphatic rings. The van der Waals surface area contributed by atoms with Crippen LogP contribution in [0.1, 0.15) is 12.8 Å². The van der Waals surface area contributed by atoms with Gasteiger partial charge in [-0.15, -0.1) is 0 Å². The van der Waals surface area contributed by atoms with Crippen LogP contribution >= 0.6 is 0 Å². The van der Waals surface area contributed by atoms with Crippen molar-refractivity contribution in [3.05, 3.63) is 30.3 Å². The molecule has 2 N–H and O–H groups in total. The van der Waals surface area contributed by atoms with Crippen LogP contribution in [0.15, 0.2) is 30.3 Å². The maximum atomic E-state index is 5.71. The van der Waals surface area contributed by atoms with Crippen molar-refractivity contribution in [3.63, 3.8) is 0 Å². The first-order valence-corrected chi connectivity index (χ1v) is 6.51. The quantitative estimate of drug-likeness (QED) is 0.859. The third-order valence-electron chi connectivity index (χ3n) is 3.61. The Kier molecular flexibility index (Phi) is 4.40. The van der Waals surface area contributed by atoms with Crippen molar-refractivity contribution in [2.75, 3.05) is 38.1 Å². The highest BCUT2D eigenvalue weighted by molar-refractivity contribution is 5.46. The van der Waals surface area contributed by atoms with E-state index < -0.39 is 0 Å². The minimum atomic E-state index is 0.586. The van der Waals surface area contributed by atoms with Gasteiger partial charge in [-0.2, -0.15) is 0 Å². The Morgan fingerprint density at radius 3 is 2.71 bits per heavy atom. The summed E-state index contributed by atoms with van der Waals surface area (Å²) < 4.78 is 0. The molecule has 94 valence electrons. The number of nitrogens with two attached hydrogens (primary N) is 1. The lowest BCUT2D eigenvalue weighted by Crippen LogP contribution is -2.40. The Hall–Kier alpha value is -1.06. The van der Waals surface area contributed by atoms with Gasteiger partial charge in [0.25, 0.3) is 0 Å². The number of hydrogen-bond donors (Lipinski definition) is 1. The summed E-state index contributed by atoms with van der Waals surface area (Å²) in [6, 6.07) is 11.3. The van der Waals surface area contributed by atoms with E-state index in [0.717, 1.165) is 26.1 Å². The highest BCUT2D eigenvalue weighted by atomic mass is 15.2. The second-order valence-corrected chi connectivity index (χ2v) is 4.85. The molecule has 1 unspecified atom stereocenters. The minimum absolute atomic E-state index is 0.586. The zero-order valence-corrected chi connectivity index (χ0v) is 10.7. The molecular weight excluding hydrogens is 210 g/mol. The Balaban J connectivity index is 2.08. The lowest BCUT2D eigenvalue weighted by atomic mass is 10.1. The zero-order valence-electron chi connectivity index (χ0n) is 10.7. The molecule has 1 saturated heterocycles. The summed E-state index contributed by atoms with van der Waals surface area (Å²) >= 11 is 0. The molecule has 1 atom stereocenters. The van der Waals surface area contributed by atoms with Crippen molar-refractivity contribution in [2.45, 2.75) is 18.9 Å². The smallest absolute Gasteiger partial charge is 0.0366 e. The Bertz CT molecular complexity index is 325. The van der Waals surface area contributed by atoms with E-state index in [1.54, 1.807) is 0 Å². The van der Waals surface area contributed by atoms with E-state index in [1.165, 1.54) is 18.7 Å². The lowest BCUT2D eigenvalue weighted by Gasteiger charge is -2.29. The van der Waals surface area contributed by atoms with Gasteiger partial charge >= 0.3 is 0 Å². The summed E-state index contributed by atoms with van der Waals surface area (Å²) in [5.74, 6) is 0. The molecule has 1 fully saturated rings. The second-order valence-electron chi connectivity index (χ2n) is 4.85. The normalized spacial score (nSPS) is 22.5. The van der Waals surface area contributed by atoms with Crippen molar-refractivity contribution in [1.29, 1.82) is 0 Å². The molecule has 0 radical (unpaired) electrons. The van der Waals surface area contributed by atoms with Crippen LogP contribution in [0.25, 0.3) is 0 Å². The Labute approximate surface area is 104 Å². The molecule has 1 heterocycles. The number of anilines is 1. The van der Waals surface area contributed by atoms with Gasteiger partial charge in [0.15, 0.2) is 0 Å². The highest BCUT2D eigenvalue weighted by Gasteiger charge is 2.21. The van der Waals surface area contributed by atoms with Crippen LogP contribution in [0, 0.1) is 0 Å². The summed E-state index contributed by atoms with van der Waals surface area (Å²) in [6.07, 6.45) is 2.31. The molecule has 0 spiro atoms. The van der Waals surface area contributed by atoms with Crippen molar-refractivity contribution in [3.8, 4) is 0 Å². The van der Waals surface area contributed by atoms with Gasteiger partial charge in [-0.1, -0.05) is 18.2 Å². The maximum Gasteiger partial charge on any atom is 0.0366 e. The maximum absolute atomic E-state index is 5.71. The molecule has 0 aromatic heterocycles.